The lowest BCUT2D eigenvalue weighted by Crippen LogP contribution is -2.02. The maximum absolute atomic E-state index is 11.4. The summed E-state index contributed by atoms with van der Waals surface area (Å²) in [5.41, 5.74) is 3.77. The van der Waals surface area contributed by atoms with Crippen LogP contribution in [0.25, 0.3) is 6.08 Å². The Kier molecular flexibility index (Phi) is 5.81. The van der Waals surface area contributed by atoms with E-state index in [9.17, 15) is 4.79 Å². The van der Waals surface area contributed by atoms with Gasteiger partial charge in [-0.2, -0.15) is 0 Å². The molecule has 0 fully saturated rings. The van der Waals surface area contributed by atoms with E-state index in [1.165, 1.54) is 17.2 Å². The zero-order chi connectivity index (χ0) is 14.4. The Morgan fingerprint density at radius 3 is 2.42 bits per heavy atom. The molecule has 0 bridgehead atoms. The second kappa shape index (κ2) is 7.13. The van der Waals surface area contributed by atoms with Crippen molar-refractivity contribution in [3.8, 4) is 0 Å². The summed E-state index contributed by atoms with van der Waals surface area (Å²) < 4.78 is 4.92. The fraction of sp³-hybridized carbons (Fsp3) is 0.471. The van der Waals surface area contributed by atoms with E-state index >= 15 is 0 Å². The summed E-state index contributed by atoms with van der Waals surface area (Å²) in [7, 11) is 0. The van der Waals surface area contributed by atoms with Crippen LogP contribution in [0.1, 0.15) is 63.1 Å². The first-order valence-electron chi connectivity index (χ1n) is 6.95. The second-order valence-electron chi connectivity index (χ2n) is 5.24. The van der Waals surface area contributed by atoms with Gasteiger partial charge >= 0.3 is 5.97 Å². The van der Waals surface area contributed by atoms with E-state index in [1.54, 1.807) is 0 Å². The molecule has 0 aliphatic carbocycles. The van der Waals surface area contributed by atoms with E-state index in [-0.39, 0.29) is 5.97 Å². The predicted molar refractivity (Wildman–Crippen MR) is 80.3 cm³/mol. The summed E-state index contributed by atoms with van der Waals surface area (Å²) in [4.78, 5) is 11.4. The second-order valence-corrected chi connectivity index (χ2v) is 5.24. The quantitative estimate of drug-likeness (QED) is 0.575. The molecule has 0 spiro atoms. The van der Waals surface area contributed by atoms with Crippen LogP contribution >= 0.6 is 0 Å². The molecule has 0 amide bonds. The predicted octanol–water partition coefficient (Wildman–Crippen LogP) is 4.51. The van der Waals surface area contributed by atoms with Gasteiger partial charge in [0, 0.05) is 6.08 Å². The molecule has 104 valence electrons. The standard InChI is InChI=1S/C17H24O2/c1-6-19-16(18)11-10-14-8-7-9-15(12(2)3)17(14)13(4)5/h7-13H,6H2,1-5H3/b11-10+. The van der Waals surface area contributed by atoms with E-state index in [2.05, 4.69) is 39.8 Å². The lowest BCUT2D eigenvalue weighted by molar-refractivity contribution is -0.137. The first kappa shape index (κ1) is 15.5. The third-order valence-electron chi connectivity index (χ3n) is 3.06. The number of rotatable bonds is 5. The van der Waals surface area contributed by atoms with Gasteiger partial charge in [0.15, 0.2) is 0 Å². The SMILES string of the molecule is CCOC(=O)/C=C/c1cccc(C(C)C)c1C(C)C. The summed E-state index contributed by atoms with van der Waals surface area (Å²) in [6, 6.07) is 6.27. The van der Waals surface area contributed by atoms with Gasteiger partial charge in [-0.15, -0.1) is 0 Å². The summed E-state index contributed by atoms with van der Waals surface area (Å²) in [6.45, 7) is 11.0. The van der Waals surface area contributed by atoms with Crippen molar-refractivity contribution in [2.24, 2.45) is 0 Å². The smallest absolute Gasteiger partial charge is 0.330 e. The van der Waals surface area contributed by atoms with Crippen molar-refractivity contribution in [3.63, 3.8) is 0 Å². The van der Waals surface area contributed by atoms with Gasteiger partial charge in [0.05, 0.1) is 6.61 Å². The van der Waals surface area contributed by atoms with E-state index < -0.39 is 0 Å². The zero-order valence-corrected chi connectivity index (χ0v) is 12.6. The van der Waals surface area contributed by atoms with Gasteiger partial charge in [-0.3, -0.25) is 0 Å². The van der Waals surface area contributed by atoms with Gasteiger partial charge in [0.1, 0.15) is 0 Å². The van der Waals surface area contributed by atoms with E-state index in [4.69, 9.17) is 4.74 Å². The summed E-state index contributed by atoms with van der Waals surface area (Å²) in [5.74, 6) is 0.626. The highest BCUT2D eigenvalue weighted by atomic mass is 16.5. The van der Waals surface area contributed by atoms with Crippen LogP contribution in [0.4, 0.5) is 0 Å². The number of carbonyl (C=O) groups is 1. The lowest BCUT2D eigenvalue weighted by Gasteiger charge is -2.18. The van der Waals surface area contributed by atoms with Crippen molar-refractivity contribution in [1.29, 1.82) is 0 Å². The van der Waals surface area contributed by atoms with Crippen LogP contribution in [0.5, 0.6) is 0 Å². The normalized spacial score (nSPS) is 11.5. The number of hydrogen-bond acceptors (Lipinski definition) is 2. The summed E-state index contributed by atoms with van der Waals surface area (Å²) in [6.07, 6.45) is 3.37. The highest BCUT2D eigenvalue weighted by Gasteiger charge is 2.12. The monoisotopic (exact) mass is 260 g/mol. The van der Waals surface area contributed by atoms with Crippen LogP contribution in [0, 0.1) is 0 Å². The Morgan fingerprint density at radius 2 is 1.89 bits per heavy atom. The first-order chi connectivity index (χ1) is 8.97. The van der Waals surface area contributed by atoms with Crippen molar-refractivity contribution in [2.75, 3.05) is 6.61 Å². The minimum Gasteiger partial charge on any atom is -0.463 e. The molecule has 0 aliphatic heterocycles. The van der Waals surface area contributed by atoms with Crippen LogP contribution in [-0.2, 0) is 9.53 Å². The van der Waals surface area contributed by atoms with Gasteiger partial charge in [0.25, 0.3) is 0 Å². The summed E-state index contributed by atoms with van der Waals surface area (Å²) >= 11 is 0. The van der Waals surface area contributed by atoms with Crippen molar-refractivity contribution in [3.05, 3.63) is 41.0 Å². The van der Waals surface area contributed by atoms with Crippen LogP contribution in [0.15, 0.2) is 24.3 Å². The average molecular weight is 260 g/mol. The largest absolute Gasteiger partial charge is 0.463 e. The molecule has 0 atom stereocenters. The molecule has 0 unspecified atom stereocenters. The molecule has 1 aromatic carbocycles. The minimum atomic E-state index is -0.285. The highest BCUT2D eigenvalue weighted by molar-refractivity contribution is 5.87. The van der Waals surface area contributed by atoms with E-state index in [0.717, 1.165) is 5.56 Å². The number of benzene rings is 1. The average Bonchev–Trinajstić information content (AvgIpc) is 2.35. The Hall–Kier alpha value is -1.57. The molecular weight excluding hydrogens is 236 g/mol. The molecule has 0 heterocycles. The van der Waals surface area contributed by atoms with E-state index in [0.29, 0.717) is 18.4 Å². The molecule has 1 aromatic rings. The van der Waals surface area contributed by atoms with Crippen molar-refractivity contribution >= 4 is 12.0 Å². The van der Waals surface area contributed by atoms with Gasteiger partial charge in [-0.25, -0.2) is 4.79 Å². The van der Waals surface area contributed by atoms with Crippen LogP contribution < -0.4 is 0 Å². The fourth-order valence-electron chi connectivity index (χ4n) is 2.27. The topological polar surface area (TPSA) is 26.3 Å². The maximum atomic E-state index is 11.4. The van der Waals surface area contributed by atoms with Gasteiger partial charge in [-0.1, -0.05) is 45.9 Å². The molecule has 2 heteroatoms. The molecule has 19 heavy (non-hydrogen) atoms. The minimum absolute atomic E-state index is 0.285. The number of esters is 1. The molecule has 0 saturated carbocycles. The number of ether oxygens (including phenoxy) is 1. The van der Waals surface area contributed by atoms with Gasteiger partial charge in [0.2, 0.25) is 0 Å². The number of carbonyl (C=O) groups excluding carboxylic acids is 1. The Bertz CT molecular complexity index is 456. The molecule has 0 N–H and O–H groups in total. The van der Waals surface area contributed by atoms with Crippen LogP contribution in [-0.4, -0.2) is 12.6 Å². The van der Waals surface area contributed by atoms with Crippen molar-refractivity contribution in [1.82, 2.24) is 0 Å². The Labute approximate surface area is 116 Å². The Morgan fingerprint density at radius 1 is 1.21 bits per heavy atom. The van der Waals surface area contributed by atoms with Crippen molar-refractivity contribution in [2.45, 2.75) is 46.5 Å². The molecule has 2 nitrogen and oxygen atoms in total. The molecule has 1 rings (SSSR count). The lowest BCUT2D eigenvalue weighted by atomic mass is 9.87. The van der Waals surface area contributed by atoms with E-state index in [1.807, 2.05) is 19.1 Å². The Balaban J connectivity index is 3.13. The molecular formula is C17H24O2. The molecule has 0 saturated heterocycles. The van der Waals surface area contributed by atoms with Crippen LogP contribution in [0.2, 0.25) is 0 Å². The molecule has 0 aliphatic rings. The third-order valence-corrected chi connectivity index (χ3v) is 3.06. The first-order valence-corrected chi connectivity index (χ1v) is 6.95. The number of hydrogen-bond donors (Lipinski definition) is 0. The molecule has 0 aromatic heterocycles. The third kappa shape index (κ3) is 4.23. The summed E-state index contributed by atoms with van der Waals surface area (Å²) in [5, 5.41) is 0. The highest BCUT2D eigenvalue weighted by Crippen LogP contribution is 2.29. The maximum Gasteiger partial charge on any atom is 0.330 e. The van der Waals surface area contributed by atoms with Gasteiger partial charge in [-0.05, 0) is 41.5 Å². The van der Waals surface area contributed by atoms with Crippen molar-refractivity contribution < 1.29 is 9.53 Å². The molecule has 0 radical (unpaired) electrons. The van der Waals surface area contributed by atoms with Crippen LogP contribution in [0.3, 0.4) is 0 Å². The zero-order valence-electron chi connectivity index (χ0n) is 12.6. The fourth-order valence-corrected chi connectivity index (χ4v) is 2.27. The van der Waals surface area contributed by atoms with Gasteiger partial charge < -0.3 is 4.74 Å².